The van der Waals surface area contributed by atoms with Gasteiger partial charge in [-0.3, -0.25) is 4.72 Å². The summed E-state index contributed by atoms with van der Waals surface area (Å²) in [5.74, 6) is -0.284. The SMILES string of the molecule is N#Cc1ccc(S(=O)(=O)Nc2ccccc2OC(F)F)s1. The topological polar surface area (TPSA) is 79.2 Å². The van der Waals surface area contributed by atoms with Gasteiger partial charge in [-0.2, -0.15) is 14.0 Å². The van der Waals surface area contributed by atoms with Crippen molar-refractivity contribution < 1.29 is 21.9 Å². The second-order valence-corrected chi connectivity index (χ2v) is 6.70. The number of ether oxygens (including phenoxy) is 1. The van der Waals surface area contributed by atoms with Crippen LogP contribution in [0.3, 0.4) is 0 Å². The largest absolute Gasteiger partial charge is 0.433 e. The van der Waals surface area contributed by atoms with E-state index in [0.717, 1.165) is 11.3 Å². The molecule has 0 amide bonds. The standard InChI is InChI=1S/C12H8F2N2O3S2/c13-12(14)19-10-4-2-1-3-9(10)16-21(17,18)11-6-5-8(7-15)20-11/h1-6,12,16H. The molecular weight excluding hydrogens is 322 g/mol. The molecule has 0 unspecified atom stereocenters. The molecule has 2 rings (SSSR count). The minimum Gasteiger partial charge on any atom is -0.433 e. The van der Waals surface area contributed by atoms with Crippen molar-refractivity contribution in [3.8, 4) is 11.8 Å². The highest BCUT2D eigenvalue weighted by molar-refractivity contribution is 7.94. The van der Waals surface area contributed by atoms with Gasteiger partial charge in [-0.05, 0) is 24.3 Å². The molecule has 0 saturated carbocycles. The maximum absolute atomic E-state index is 12.3. The molecule has 1 N–H and O–H groups in total. The van der Waals surface area contributed by atoms with Gasteiger partial charge in [0.05, 0.1) is 5.69 Å². The van der Waals surface area contributed by atoms with Crippen LogP contribution in [0.15, 0.2) is 40.6 Å². The molecule has 0 aliphatic rings. The molecule has 2 aromatic rings. The molecule has 21 heavy (non-hydrogen) atoms. The van der Waals surface area contributed by atoms with Crippen LogP contribution in [0.25, 0.3) is 0 Å². The Morgan fingerprint density at radius 3 is 2.57 bits per heavy atom. The molecule has 1 aromatic heterocycles. The molecule has 5 nitrogen and oxygen atoms in total. The summed E-state index contributed by atoms with van der Waals surface area (Å²) in [5, 5.41) is 8.69. The molecule has 110 valence electrons. The minimum atomic E-state index is -3.97. The highest BCUT2D eigenvalue weighted by Gasteiger charge is 2.19. The van der Waals surface area contributed by atoms with Gasteiger partial charge in [0.15, 0.2) is 0 Å². The Hall–Kier alpha value is -2.18. The predicted molar refractivity (Wildman–Crippen MR) is 72.9 cm³/mol. The Balaban J connectivity index is 2.31. The van der Waals surface area contributed by atoms with Gasteiger partial charge in [0, 0.05) is 0 Å². The lowest BCUT2D eigenvalue weighted by Gasteiger charge is -2.12. The number of benzene rings is 1. The van der Waals surface area contributed by atoms with Crippen molar-refractivity contribution in [2.45, 2.75) is 10.8 Å². The second-order valence-electron chi connectivity index (χ2n) is 3.71. The number of sulfonamides is 1. The molecule has 9 heteroatoms. The Labute approximate surface area is 123 Å². The molecule has 0 bridgehead atoms. The van der Waals surface area contributed by atoms with Gasteiger partial charge in [-0.15, -0.1) is 11.3 Å². The van der Waals surface area contributed by atoms with E-state index >= 15 is 0 Å². The van der Waals surface area contributed by atoms with Crippen LogP contribution in [-0.2, 0) is 10.0 Å². The first kappa shape index (κ1) is 15.2. The van der Waals surface area contributed by atoms with Crippen molar-refractivity contribution in [2.24, 2.45) is 0 Å². The molecule has 0 aliphatic heterocycles. The van der Waals surface area contributed by atoms with E-state index in [1.165, 1.54) is 36.4 Å². The highest BCUT2D eigenvalue weighted by Crippen LogP contribution is 2.29. The molecule has 0 fully saturated rings. The van der Waals surface area contributed by atoms with Gasteiger partial charge in [-0.25, -0.2) is 8.42 Å². The number of anilines is 1. The van der Waals surface area contributed by atoms with E-state index in [0.29, 0.717) is 0 Å². The van der Waals surface area contributed by atoms with Crippen molar-refractivity contribution in [3.63, 3.8) is 0 Å². The van der Waals surface area contributed by atoms with E-state index in [4.69, 9.17) is 5.26 Å². The van der Waals surface area contributed by atoms with Crippen LogP contribution in [-0.4, -0.2) is 15.0 Å². The normalized spacial score (nSPS) is 11.1. The molecule has 0 atom stereocenters. The zero-order valence-electron chi connectivity index (χ0n) is 10.3. The van der Waals surface area contributed by atoms with Crippen molar-refractivity contribution in [1.29, 1.82) is 5.26 Å². The van der Waals surface area contributed by atoms with E-state index in [2.05, 4.69) is 9.46 Å². The fourth-order valence-electron chi connectivity index (χ4n) is 1.47. The summed E-state index contributed by atoms with van der Waals surface area (Å²) >= 11 is 0.778. The fourth-order valence-corrected chi connectivity index (χ4v) is 3.64. The van der Waals surface area contributed by atoms with E-state index in [1.54, 1.807) is 0 Å². The fraction of sp³-hybridized carbons (Fsp3) is 0.0833. The Kier molecular flexibility index (Phi) is 4.40. The van der Waals surface area contributed by atoms with Gasteiger partial charge < -0.3 is 4.74 Å². The molecule has 1 heterocycles. The third kappa shape index (κ3) is 3.68. The van der Waals surface area contributed by atoms with Crippen LogP contribution in [0.2, 0.25) is 0 Å². The molecule has 1 aromatic carbocycles. The van der Waals surface area contributed by atoms with E-state index in [1.807, 2.05) is 6.07 Å². The molecule has 0 radical (unpaired) electrons. The minimum absolute atomic E-state index is 0.0918. The smallest absolute Gasteiger partial charge is 0.387 e. The zero-order chi connectivity index (χ0) is 15.5. The van der Waals surface area contributed by atoms with E-state index in [9.17, 15) is 17.2 Å². The Morgan fingerprint density at radius 1 is 1.24 bits per heavy atom. The summed E-state index contributed by atoms with van der Waals surface area (Å²) < 4.78 is 55.1. The first-order valence-corrected chi connectivity index (χ1v) is 7.79. The lowest BCUT2D eigenvalue weighted by Crippen LogP contribution is -2.13. The predicted octanol–water partition coefficient (Wildman–Crippen LogP) is 3.02. The number of alkyl halides is 2. The van der Waals surface area contributed by atoms with Gasteiger partial charge in [0.1, 0.15) is 20.9 Å². The molecule has 0 aliphatic carbocycles. The summed E-state index contributed by atoms with van der Waals surface area (Å²) in [6, 6.07) is 9.89. The number of rotatable bonds is 5. The van der Waals surface area contributed by atoms with Crippen LogP contribution >= 0.6 is 11.3 Å². The number of para-hydroxylation sites is 2. The summed E-state index contributed by atoms with van der Waals surface area (Å²) in [4.78, 5) is 0.229. The van der Waals surface area contributed by atoms with Crippen LogP contribution in [0.4, 0.5) is 14.5 Å². The zero-order valence-corrected chi connectivity index (χ0v) is 11.9. The van der Waals surface area contributed by atoms with Crippen molar-refractivity contribution in [1.82, 2.24) is 0 Å². The third-order valence-electron chi connectivity index (χ3n) is 2.30. The maximum atomic E-state index is 12.3. The highest BCUT2D eigenvalue weighted by atomic mass is 32.2. The number of nitriles is 1. The first-order valence-electron chi connectivity index (χ1n) is 5.49. The van der Waals surface area contributed by atoms with Crippen LogP contribution < -0.4 is 9.46 Å². The van der Waals surface area contributed by atoms with E-state index < -0.39 is 16.6 Å². The van der Waals surface area contributed by atoms with Gasteiger partial charge in [0.2, 0.25) is 0 Å². The average molecular weight is 330 g/mol. The summed E-state index contributed by atoms with van der Waals surface area (Å²) in [5.41, 5.74) is -0.107. The van der Waals surface area contributed by atoms with Gasteiger partial charge >= 0.3 is 6.61 Å². The number of thiophene rings is 1. The number of nitrogens with one attached hydrogen (secondary N) is 1. The number of hydrogen-bond acceptors (Lipinski definition) is 5. The lowest BCUT2D eigenvalue weighted by molar-refractivity contribution is -0.0493. The number of hydrogen-bond donors (Lipinski definition) is 1. The van der Waals surface area contributed by atoms with Gasteiger partial charge in [-0.1, -0.05) is 12.1 Å². The van der Waals surface area contributed by atoms with Crippen molar-refractivity contribution in [2.75, 3.05) is 4.72 Å². The van der Waals surface area contributed by atoms with Crippen LogP contribution in [0.1, 0.15) is 4.88 Å². The summed E-state index contributed by atoms with van der Waals surface area (Å²) in [7, 11) is -3.97. The monoisotopic (exact) mass is 330 g/mol. The third-order valence-corrected chi connectivity index (χ3v) is 5.15. The van der Waals surface area contributed by atoms with Crippen LogP contribution in [0, 0.1) is 11.3 Å². The van der Waals surface area contributed by atoms with Crippen LogP contribution in [0.5, 0.6) is 5.75 Å². The summed E-state index contributed by atoms with van der Waals surface area (Å²) in [6.07, 6.45) is 0. The molecular formula is C12H8F2N2O3S2. The molecule has 0 spiro atoms. The lowest BCUT2D eigenvalue weighted by atomic mass is 10.3. The Morgan fingerprint density at radius 2 is 1.95 bits per heavy atom. The Bertz CT molecular complexity index is 782. The first-order chi connectivity index (χ1) is 9.92. The van der Waals surface area contributed by atoms with Crippen molar-refractivity contribution in [3.05, 3.63) is 41.3 Å². The van der Waals surface area contributed by atoms with Gasteiger partial charge in [0.25, 0.3) is 10.0 Å². The summed E-state index contributed by atoms with van der Waals surface area (Å²) in [6.45, 7) is -3.07. The quantitative estimate of drug-likeness (QED) is 0.914. The number of halogens is 2. The number of nitrogens with zero attached hydrogens (tertiary/aromatic N) is 1. The van der Waals surface area contributed by atoms with E-state index in [-0.39, 0.29) is 20.5 Å². The molecule has 0 saturated heterocycles. The second kappa shape index (κ2) is 6.07. The van der Waals surface area contributed by atoms with Crippen molar-refractivity contribution >= 4 is 27.0 Å². The maximum Gasteiger partial charge on any atom is 0.387 e. The average Bonchev–Trinajstić information content (AvgIpc) is 2.90.